The van der Waals surface area contributed by atoms with Crippen LogP contribution in [0.5, 0.6) is 0 Å². The summed E-state index contributed by atoms with van der Waals surface area (Å²) in [5, 5.41) is 0.446. The van der Waals surface area contributed by atoms with Crippen molar-refractivity contribution >= 4 is 25.6 Å². The predicted octanol–water partition coefficient (Wildman–Crippen LogP) is 2.40. The van der Waals surface area contributed by atoms with E-state index in [1.165, 1.54) is 14.2 Å². The molecular formula is C12H12NO4P. The van der Waals surface area contributed by atoms with Gasteiger partial charge in [-0.2, -0.15) is 0 Å². The number of ether oxygens (including phenoxy) is 2. The molecule has 0 N–H and O–H groups in total. The maximum atomic E-state index is 11.7. The lowest BCUT2D eigenvalue weighted by Crippen LogP contribution is -2.03. The Kier molecular flexibility index (Phi) is 3.34. The Morgan fingerprint density at radius 1 is 1.22 bits per heavy atom. The van der Waals surface area contributed by atoms with Crippen molar-refractivity contribution in [1.82, 2.24) is 4.40 Å². The van der Waals surface area contributed by atoms with Crippen molar-refractivity contribution in [3.63, 3.8) is 0 Å². The molecule has 0 unspecified atom stereocenters. The van der Waals surface area contributed by atoms with Gasteiger partial charge in [0.05, 0.1) is 19.7 Å². The fraction of sp³-hybridized carbons (Fsp3) is 0.250. The number of rotatable bonds is 2. The zero-order chi connectivity index (χ0) is 13.3. The quantitative estimate of drug-likeness (QED) is 0.782. The summed E-state index contributed by atoms with van der Waals surface area (Å²) in [5.74, 6) is -0.888. The highest BCUT2D eigenvalue weighted by Gasteiger charge is 2.21. The van der Waals surface area contributed by atoms with Gasteiger partial charge in [-0.15, -0.1) is 0 Å². The van der Waals surface area contributed by atoms with E-state index in [1.54, 1.807) is 10.6 Å². The molecule has 0 spiro atoms. The highest BCUT2D eigenvalue weighted by molar-refractivity contribution is 7.35. The Hall–Kier alpha value is -1.87. The van der Waals surface area contributed by atoms with Crippen LogP contribution < -0.4 is 0 Å². The average molecular weight is 265 g/mol. The number of pyridine rings is 1. The van der Waals surface area contributed by atoms with Crippen LogP contribution in [0.2, 0.25) is 0 Å². The smallest absolute Gasteiger partial charge is 0.359 e. The molecule has 0 amide bonds. The number of aromatic nitrogens is 1. The minimum Gasteiger partial charge on any atom is -0.465 e. The van der Waals surface area contributed by atoms with Crippen molar-refractivity contribution in [2.45, 2.75) is 6.92 Å². The number of methoxy groups -OCH3 is 2. The number of aryl methyl sites for hydroxylation is 1. The molecule has 94 valence electrons. The standard InChI is InChI=1S/C12H12NO4P/c1-7-4-5-13-8(6-7)9(11(14)16-2)18-10(13)12(15)17-3/h4-6H,1-3H3. The van der Waals surface area contributed by atoms with Gasteiger partial charge >= 0.3 is 11.9 Å². The molecule has 0 aromatic carbocycles. The minimum absolute atomic E-state index is 0.396. The fourth-order valence-electron chi connectivity index (χ4n) is 1.67. The number of fused-ring (bicyclic) bond motifs is 1. The second kappa shape index (κ2) is 4.78. The van der Waals surface area contributed by atoms with E-state index >= 15 is 0 Å². The Morgan fingerprint density at radius 2 is 1.89 bits per heavy atom. The van der Waals surface area contributed by atoms with E-state index in [4.69, 9.17) is 9.47 Å². The van der Waals surface area contributed by atoms with Crippen LogP contribution in [0.25, 0.3) is 5.52 Å². The van der Waals surface area contributed by atoms with E-state index in [9.17, 15) is 9.59 Å². The van der Waals surface area contributed by atoms with Crippen molar-refractivity contribution in [2.24, 2.45) is 0 Å². The van der Waals surface area contributed by atoms with Crippen LogP contribution in [0.4, 0.5) is 0 Å². The molecule has 0 radical (unpaired) electrons. The van der Waals surface area contributed by atoms with Gasteiger partial charge < -0.3 is 13.9 Å². The second-order valence-electron chi connectivity index (χ2n) is 3.73. The van der Waals surface area contributed by atoms with Crippen LogP contribution in [0.1, 0.15) is 25.9 Å². The first-order valence-corrected chi connectivity index (χ1v) is 6.13. The van der Waals surface area contributed by atoms with Gasteiger partial charge in [0.25, 0.3) is 0 Å². The lowest BCUT2D eigenvalue weighted by molar-refractivity contribution is 0.0594. The third kappa shape index (κ3) is 1.97. The maximum absolute atomic E-state index is 11.7. The van der Waals surface area contributed by atoms with E-state index in [0.29, 0.717) is 24.4 Å². The summed E-state index contributed by atoms with van der Waals surface area (Å²) in [4.78, 5) is 23.4. The molecular weight excluding hydrogens is 253 g/mol. The molecule has 0 saturated heterocycles. The minimum atomic E-state index is -0.453. The number of hydrogen-bond acceptors (Lipinski definition) is 4. The highest BCUT2D eigenvalue weighted by Crippen LogP contribution is 2.30. The first-order chi connectivity index (χ1) is 8.58. The van der Waals surface area contributed by atoms with Gasteiger partial charge in [0.1, 0.15) is 5.30 Å². The third-order valence-electron chi connectivity index (χ3n) is 2.55. The van der Waals surface area contributed by atoms with E-state index in [1.807, 2.05) is 19.1 Å². The number of esters is 2. The summed E-state index contributed by atoms with van der Waals surface area (Å²) in [5.41, 5.74) is 2.07. The molecule has 2 aromatic rings. The van der Waals surface area contributed by atoms with Gasteiger partial charge in [-0.1, -0.05) is 0 Å². The Labute approximate surface area is 105 Å². The van der Waals surface area contributed by atoms with Crippen molar-refractivity contribution in [1.29, 1.82) is 0 Å². The summed E-state index contributed by atoms with van der Waals surface area (Å²) in [6.07, 6.45) is 1.75. The predicted molar refractivity (Wildman–Crippen MR) is 67.3 cm³/mol. The zero-order valence-electron chi connectivity index (χ0n) is 10.3. The lowest BCUT2D eigenvalue weighted by atomic mass is 10.2. The normalized spacial score (nSPS) is 10.8. The largest absolute Gasteiger partial charge is 0.465 e. The first-order valence-electron chi connectivity index (χ1n) is 5.23. The van der Waals surface area contributed by atoms with Gasteiger partial charge in [-0.3, -0.25) is 0 Å². The van der Waals surface area contributed by atoms with Crippen LogP contribution in [-0.2, 0) is 9.47 Å². The van der Waals surface area contributed by atoms with E-state index < -0.39 is 11.9 Å². The van der Waals surface area contributed by atoms with Crippen molar-refractivity contribution in [2.75, 3.05) is 14.2 Å². The Balaban J connectivity index is 2.75. The van der Waals surface area contributed by atoms with Crippen molar-refractivity contribution in [3.05, 3.63) is 34.6 Å². The number of nitrogens with zero attached hydrogens (tertiary/aromatic N) is 1. The molecule has 2 heterocycles. The highest BCUT2D eigenvalue weighted by atomic mass is 31.0. The number of carbonyl (C=O) groups excluding carboxylic acids is 2. The van der Waals surface area contributed by atoms with E-state index in [0.717, 1.165) is 5.56 Å². The first kappa shape index (κ1) is 12.6. The summed E-state index contributed by atoms with van der Waals surface area (Å²) in [6, 6.07) is 3.71. The van der Waals surface area contributed by atoms with E-state index in [2.05, 4.69) is 0 Å². The van der Waals surface area contributed by atoms with Crippen LogP contribution in [-0.4, -0.2) is 30.6 Å². The Morgan fingerprint density at radius 3 is 2.50 bits per heavy atom. The number of hydrogen-bond donors (Lipinski definition) is 0. The molecule has 0 bridgehead atoms. The molecule has 5 nitrogen and oxygen atoms in total. The summed E-state index contributed by atoms with van der Waals surface area (Å²) >= 11 is 0. The van der Waals surface area contributed by atoms with Crippen molar-refractivity contribution in [3.8, 4) is 0 Å². The summed E-state index contributed by atoms with van der Waals surface area (Å²) in [7, 11) is 3.14. The van der Waals surface area contributed by atoms with Crippen LogP contribution >= 0.6 is 8.19 Å². The van der Waals surface area contributed by atoms with Gasteiger partial charge in [0.2, 0.25) is 0 Å². The lowest BCUT2D eigenvalue weighted by Gasteiger charge is -2.01. The molecule has 0 aliphatic heterocycles. The molecule has 18 heavy (non-hydrogen) atoms. The third-order valence-corrected chi connectivity index (χ3v) is 3.79. The molecule has 2 rings (SSSR count). The molecule has 6 heteroatoms. The fourth-order valence-corrected chi connectivity index (χ4v) is 2.82. The molecule has 0 aliphatic rings. The average Bonchev–Trinajstić information content (AvgIpc) is 2.75. The Bertz CT molecular complexity index is 632. The van der Waals surface area contributed by atoms with Crippen molar-refractivity contribution < 1.29 is 19.1 Å². The monoisotopic (exact) mass is 265 g/mol. The SMILES string of the molecule is COC(=O)c1pc(C(=O)OC)n2ccc(C)cc12. The van der Waals surface area contributed by atoms with Crippen LogP contribution in [0.3, 0.4) is 0 Å². The molecule has 0 fully saturated rings. The zero-order valence-corrected chi connectivity index (χ0v) is 11.2. The molecule has 0 aliphatic carbocycles. The van der Waals surface area contributed by atoms with Gasteiger partial charge in [-0.05, 0) is 32.8 Å². The second-order valence-corrected chi connectivity index (χ2v) is 4.82. The number of carbonyl (C=O) groups is 2. The van der Waals surface area contributed by atoms with Crippen LogP contribution in [0, 0.1) is 6.92 Å². The maximum Gasteiger partial charge on any atom is 0.359 e. The van der Waals surface area contributed by atoms with Gasteiger partial charge in [-0.25, -0.2) is 9.59 Å². The summed E-state index contributed by atoms with van der Waals surface area (Å²) in [6.45, 7) is 1.92. The topological polar surface area (TPSA) is 57.0 Å². The summed E-state index contributed by atoms with van der Waals surface area (Å²) < 4.78 is 11.1. The molecule has 2 aromatic heterocycles. The molecule has 0 atom stereocenters. The molecule has 0 saturated carbocycles. The van der Waals surface area contributed by atoms with Gasteiger partial charge in [0, 0.05) is 6.20 Å². The van der Waals surface area contributed by atoms with Crippen LogP contribution in [0.15, 0.2) is 18.3 Å². The van der Waals surface area contributed by atoms with E-state index in [-0.39, 0.29) is 0 Å². The van der Waals surface area contributed by atoms with Gasteiger partial charge in [0.15, 0.2) is 5.43 Å².